The maximum Gasteiger partial charge on any atom is 0.261 e. The van der Waals surface area contributed by atoms with E-state index in [4.69, 9.17) is 9.57 Å². The molecule has 0 aliphatic carbocycles. The highest BCUT2D eigenvalue weighted by Gasteiger charge is 2.59. The minimum absolute atomic E-state index is 0.148. The van der Waals surface area contributed by atoms with Crippen LogP contribution in [0.15, 0.2) is 48.5 Å². The second kappa shape index (κ2) is 7.87. The van der Waals surface area contributed by atoms with E-state index >= 15 is 0 Å². The topological polar surface area (TPSA) is 59.1 Å². The quantitative estimate of drug-likeness (QED) is 0.700. The maximum atomic E-state index is 13.2. The number of para-hydroxylation sites is 1. The van der Waals surface area contributed by atoms with Crippen molar-refractivity contribution in [3.8, 4) is 5.75 Å². The van der Waals surface area contributed by atoms with Gasteiger partial charge in [-0.2, -0.15) is 0 Å². The summed E-state index contributed by atoms with van der Waals surface area (Å²) in [6.07, 6.45) is 0.932. The summed E-state index contributed by atoms with van der Waals surface area (Å²) >= 11 is 0. The summed E-state index contributed by atoms with van der Waals surface area (Å²) in [6, 6.07) is 15.1. The molecule has 2 aliphatic rings. The number of methoxy groups -OCH3 is 1. The van der Waals surface area contributed by atoms with Crippen LogP contribution in [-0.4, -0.2) is 36.5 Å². The highest BCUT2D eigenvalue weighted by Crippen LogP contribution is 2.47. The number of hydrogen-bond acceptors (Lipinski definition) is 5. The largest absolute Gasteiger partial charge is 0.497 e. The van der Waals surface area contributed by atoms with Crippen molar-refractivity contribution in [3.05, 3.63) is 59.7 Å². The third kappa shape index (κ3) is 3.27. The smallest absolute Gasteiger partial charge is 0.261 e. The van der Waals surface area contributed by atoms with Crippen LogP contribution in [0.5, 0.6) is 5.75 Å². The maximum absolute atomic E-state index is 13.2. The van der Waals surface area contributed by atoms with E-state index in [-0.39, 0.29) is 17.9 Å². The molecule has 6 heteroatoms. The van der Waals surface area contributed by atoms with E-state index in [0.29, 0.717) is 6.54 Å². The molecule has 3 atom stereocenters. The molecule has 152 valence electrons. The van der Waals surface area contributed by atoms with Gasteiger partial charge in [0, 0.05) is 6.54 Å². The van der Waals surface area contributed by atoms with E-state index in [1.807, 2.05) is 62.4 Å². The van der Waals surface area contributed by atoms with Crippen molar-refractivity contribution in [1.82, 2.24) is 4.90 Å². The average Bonchev–Trinajstić information content (AvgIpc) is 3.23. The fraction of sp³-hybridized carbons (Fsp3) is 0.391. The van der Waals surface area contributed by atoms with Crippen LogP contribution in [-0.2, 0) is 14.4 Å². The molecule has 6 nitrogen and oxygen atoms in total. The van der Waals surface area contributed by atoms with Gasteiger partial charge < -0.3 is 4.74 Å². The lowest BCUT2D eigenvalue weighted by Gasteiger charge is -2.29. The Balaban J connectivity index is 1.75. The Morgan fingerprint density at radius 1 is 1.03 bits per heavy atom. The van der Waals surface area contributed by atoms with Crippen molar-refractivity contribution >= 4 is 17.5 Å². The van der Waals surface area contributed by atoms with Crippen molar-refractivity contribution in [2.75, 3.05) is 18.7 Å². The predicted molar refractivity (Wildman–Crippen MR) is 109 cm³/mol. The van der Waals surface area contributed by atoms with Gasteiger partial charge in [0.2, 0.25) is 5.91 Å². The van der Waals surface area contributed by atoms with Crippen molar-refractivity contribution in [2.24, 2.45) is 5.92 Å². The van der Waals surface area contributed by atoms with Crippen LogP contribution in [0.4, 0.5) is 5.69 Å². The van der Waals surface area contributed by atoms with Crippen molar-refractivity contribution in [3.63, 3.8) is 0 Å². The molecule has 4 rings (SSSR count). The second-order valence-electron chi connectivity index (χ2n) is 7.56. The van der Waals surface area contributed by atoms with Crippen LogP contribution < -0.4 is 9.80 Å². The number of hydrogen-bond donors (Lipinski definition) is 0. The van der Waals surface area contributed by atoms with E-state index in [1.165, 1.54) is 4.90 Å². The van der Waals surface area contributed by atoms with Gasteiger partial charge in [-0.15, -0.1) is 0 Å². The molecule has 2 saturated heterocycles. The first kappa shape index (κ1) is 19.5. The van der Waals surface area contributed by atoms with Crippen LogP contribution in [0.2, 0.25) is 0 Å². The summed E-state index contributed by atoms with van der Waals surface area (Å²) in [4.78, 5) is 33.8. The number of fused-ring (bicyclic) bond motifs is 1. The highest BCUT2D eigenvalue weighted by atomic mass is 16.7. The molecule has 2 heterocycles. The van der Waals surface area contributed by atoms with Crippen LogP contribution in [0.25, 0.3) is 0 Å². The fourth-order valence-corrected chi connectivity index (χ4v) is 4.17. The molecular formula is C23H26N2O4. The van der Waals surface area contributed by atoms with Crippen LogP contribution in [0.3, 0.4) is 0 Å². The highest BCUT2D eigenvalue weighted by molar-refractivity contribution is 6.07. The summed E-state index contributed by atoms with van der Waals surface area (Å²) in [5.41, 5.74) is 2.80. The number of carbonyl (C=O) groups excluding carboxylic acids is 2. The van der Waals surface area contributed by atoms with Crippen LogP contribution >= 0.6 is 0 Å². The van der Waals surface area contributed by atoms with Crippen LogP contribution in [0, 0.1) is 12.8 Å². The molecule has 2 aromatic carbocycles. The summed E-state index contributed by atoms with van der Waals surface area (Å²) in [5, 5.41) is 1.75. The van der Waals surface area contributed by atoms with Gasteiger partial charge in [0.25, 0.3) is 5.91 Å². The Bertz CT molecular complexity index is 911. The van der Waals surface area contributed by atoms with Gasteiger partial charge in [-0.05, 0) is 42.7 Å². The second-order valence-corrected chi connectivity index (χ2v) is 7.56. The van der Waals surface area contributed by atoms with Gasteiger partial charge in [-0.1, -0.05) is 43.7 Å². The number of benzene rings is 2. The third-order valence-corrected chi connectivity index (χ3v) is 5.75. The van der Waals surface area contributed by atoms with Crippen LogP contribution in [0.1, 0.15) is 36.9 Å². The van der Waals surface area contributed by atoms with Gasteiger partial charge in [0.15, 0.2) is 6.10 Å². The average molecular weight is 394 g/mol. The number of unbranched alkanes of at least 4 members (excludes halogenated alkanes) is 1. The molecule has 0 spiro atoms. The normalized spacial score (nSPS) is 23.6. The molecule has 2 aromatic rings. The van der Waals surface area contributed by atoms with E-state index in [2.05, 4.69) is 0 Å². The lowest BCUT2D eigenvalue weighted by atomic mass is 9.90. The zero-order valence-electron chi connectivity index (χ0n) is 17.0. The first-order valence-electron chi connectivity index (χ1n) is 10.1. The molecule has 2 aliphatic heterocycles. The number of anilines is 1. The standard InChI is InChI=1S/C23H26N2O4/c1-4-5-14-24-22(26)19-20(16-10-12-17(28-3)13-11-16)25(29-21(19)23(24)27)18-9-7-6-8-15(18)2/h6-13,19-21H,4-5,14H2,1-3H3/t19-,20-,21-/m1/s1. The molecular weight excluding hydrogens is 368 g/mol. The molecule has 0 bridgehead atoms. The Hall–Kier alpha value is -2.86. The van der Waals surface area contributed by atoms with Gasteiger partial charge in [0.1, 0.15) is 11.7 Å². The molecule has 0 unspecified atom stereocenters. The summed E-state index contributed by atoms with van der Waals surface area (Å²) in [6.45, 7) is 4.49. The first-order valence-corrected chi connectivity index (χ1v) is 10.1. The Kier molecular flexibility index (Phi) is 5.28. The van der Waals surface area contributed by atoms with Gasteiger partial charge in [0.05, 0.1) is 18.8 Å². The SMILES string of the molecule is CCCCN1C(=O)[C@@H]2[C@@H](c3ccc(OC)cc3)N(c3ccccc3C)O[C@H]2C1=O. The molecule has 0 N–H and O–H groups in total. The minimum atomic E-state index is -0.786. The fourth-order valence-electron chi connectivity index (χ4n) is 4.17. The van der Waals surface area contributed by atoms with E-state index in [0.717, 1.165) is 35.4 Å². The Morgan fingerprint density at radius 2 is 1.76 bits per heavy atom. The molecule has 0 aromatic heterocycles. The summed E-state index contributed by atoms with van der Waals surface area (Å²) in [7, 11) is 1.62. The van der Waals surface area contributed by atoms with Crippen molar-refractivity contribution in [1.29, 1.82) is 0 Å². The number of imide groups is 1. The number of likely N-dealkylation sites (tertiary alicyclic amines) is 1. The number of rotatable bonds is 6. The molecule has 0 saturated carbocycles. The monoisotopic (exact) mass is 394 g/mol. The first-order chi connectivity index (χ1) is 14.1. The van der Waals surface area contributed by atoms with Gasteiger partial charge >= 0.3 is 0 Å². The Morgan fingerprint density at radius 3 is 2.41 bits per heavy atom. The van der Waals surface area contributed by atoms with E-state index < -0.39 is 12.0 Å². The minimum Gasteiger partial charge on any atom is -0.497 e. The summed E-state index contributed by atoms with van der Waals surface area (Å²) < 4.78 is 5.27. The number of hydroxylamine groups is 1. The number of nitrogens with zero attached hydrogens (tertiary/aromatic N) is 2. The Labute approximate surface area is 171 Å². The zero-order chi connectivity index (χ0) is 20.5. The zero-order valence-corrected chi connectivity index (χ0v) is 17.0. The van der Waals surface area contributed by atoms with Crippen molar-refractivity contribution in [2.45, 2.75) is 38.8 Å². The van der Waals surface area contributed by atoms with Gasteiger partial charge in [-0.3, -0.25) is 19.3 Å². The molecule has 2 fully saturated rings. The number of carbonyl (C=O) groups is 2. The lowest BCUT2D eigenvalue weighted by molar-refractivity contribution is -0.143. The lowest BCUT2D eigenvalue weighted by Crippen LogP contribution is -2.38. The van der Waals surface area contributed by atoms with E-state index in [9.17, 15) is 9.59 Å². The third-order valence-electron chi connectivity index (χ3n) is 5.75. The van der Waals surface area contributed by atoms with E-state index in [1.54, 1.807) is 12.2 Å². The summed E-state index contributed by atoms with van der Waals surface area (Å²) in [5.74, 6) is -0.203. The number of amides is 2. The van der Waals surface area contributed by atoms with Gasteiger partial charge in [-0.25, -0.2) is 5.06 Å². The van der Waals surface area contributed by atoms with Crippen molar-refractivity contribution < 1.29 is 19.2 Å². The number of aryl methyl sites for hydroxylation is 1. The molecule has 29 heavy (non-hydrogen) atoms. The molecule has 2 amide bonds. The predicted octanol–water partition coefficient (Wildman–Crippen LogP) is 3.65. The number of ether oxygens (including phenoxy) is 1. The molecule has 0 radical (unpaired) electrons.